The molecule has 0 aliphatic carbocycles. The molecule has 0 bridgehead atoms. The lowest BCUT2D eigenvalue weighted by Crippen LogP contribution is -2.30. The largest absolute Gasteiger partial charge is 0.376 e. The van der Waals surface area contributed by atoms with Gasteiger partial charge in [0, 0.05) is 20.2 Å². The van der Waals surface area contributed by atoms with Gasteiger partial charge < -0.3 is 9.64 Å². The summed E-state index contributed by atoms with van der Waals surface area (Å²) in [5.41, 5.74) is 2.13. The SMILES string of the molecule is CN(CC1CCCO1)c1nc(NN)ncc1[N+](=O)[O-]. The van der Waals surface area contributed by atoms with Crippen LogP contribution in [0.1, 0.15) is 12.8 Å². The quantitative estimate of drug-likeness (QED) is 0.444. The molecule has 1 aliphatic heterocycles. The highest BCUT2D eigenvalue weighted by Gasteiger charge is 2.24. The Labute approximate surface area is 109 Å². The van der Waals surface area contributed by atoms with Crippen molar-refractivity contribution in [3.63, 3.8) is 0 Å². The number of nitrogen functional groups attached to an aromatic ring is 1. The molecule has 9 nitrogen and oxygen atoms in total. The Morgan fingerprint density at radius 1 is 1.74 bits per heavy atom. The number of hydrogen-bond acceptors (Lipinski definition) is 8. The number of nitrogens with two attached hydrogens (primary N) is 1. The molecular weight excluding hydrogens is 252 g/mol. The molecule has 0 amide bonds. The van der Waals surface area contributed by atoms with E-state index >= 15 is 0 Å². The normalized spacial score (nSPS) is 18.3. The van der Waals surface area contributed by atoms with E-state index in [0.29, 0.717) is 6.54 Å². The second kappa shape index (κ2) is 5.76. The molecule has 3 N–H and O–H groups in total. The Morgan fingerprint density at radius 3 is 3.11 bits per heavy atom. The molecule has 1 fully saturated rings. The Bertz CT molecular complexity index is 463. The van der Waals surface area contributed by atoms with Gasteiger partial charge in [-0.25, -0.2) is 10.8 Å². The Morgan fingerprint density at radius 2 is 2.53 bits per heavy atom. The fourth-order valence-electron chi connectivity index (χ4n) is 2.03. The lowest BCUT2D eigenvalue weighted by molar-refractivity contribution is -0.384. The van der Waals surface area contributed by atoms with Crippen molar-refractivity contribution >= 4 is 17.5 Å². The van der Waals surface area contributed by atoms with E-state index in [1.54, 1.807) is 11.9 Å². The summed E-state index contributed by atoms with van der Waals surface area (Å²) in [6, 6.07) is 0. The minimum Gasteiger partial charge on any atom is -0.376 e. The molecule has 0 radical (unpaired) electrons. The molecular formula is C10H16N6O3. The molecule has 2 rings (SSSR count). The first-order chi connectivity index (χ1) is 9.11. The summed E-state index contributed by atoms with van der Waals surface area (Å²) in [5, 5.41) is 11.0. The molecule has 0 saturated carbocycles. The number of nitrogens with zero attached hydrogens (tertiary/aromatic N) is 4. The van der Waals surface area contributed by atoms with Crippen LogP contribution in [-0.4, -0.2) is 41.2 Å². The van der Waals surface area contributed by atoms with E-state index in [2.05, 4.69) is 15.4 Å². The second-order valence-corrected chi connectivity index (χ2v) is 4.32. The van der Waals surface area contributed by atoms with E-state index in [-0.39, 0.29) is 23.6 Å². The number of hydrogen-bond donors (Lipinski definition) is 2. The van der Waals surface area contributed by atoms with Gasteiger partial charge in [0.15, 0.2) is 0 Å². The first kappa shape index (κ1) is 13.4. The fourth-order valence-corrected chi connectivity index (χ4v) is 2.03. The van der Waals surface area contributed by atoms with Gasteiger partial charge in [-0.2, -0.15) is 4.98 Å². The average Bonchev–Trinajstić information content (AvgIpc) is 2.90. The van der Waals surface area contributed by atoms with Gasteiger partial charge in [-0.1, -0.05) is 0 Å². The van der Waals surface area contributed by atoms with Gasteiger partial charge in [0.1, 0.15) is 6.20 Å². The summed E-state index contributed by atoms with van der Waals surface area (Å²) in [4.78, 5) is 19.9. The maximum Gasteiger partial charge on any atom is 0.329 e. The number of nitrogens with one attached hydrogen (secondary N) is 1. The van der Waals surface area contributed by atoms with Gasteiger partial charge in [0.05, 0.1) is 11.0 Å². The van der Waals surface area contributed by atoms with Crippen LogP contribution in [-0.2, 0) is 4.74 Å². The molecule has 1 aromatic rings. The third kappa shape index (κ3) is 3.06. The summed E-state index contributed by atoms with van der Waals surface area (Å²) >= 11 is 0. The van der Waals surface area contributed by atoms with Gasteiger partial charge in [-0.05, 0) is 12.8 Å². The minimum atomic E-state index is -0.512. The number of ether oxygens (including phenoxy) is 1. The molecule has 1 aromatic heterocycles. The van der Waals surface area contributed by atoms with Crippen molar-refractivity contribution in [2.45, 2.75) is 18.9 Å². The smallest absolute Gasteiger partial charge is 0.329 e. The molecule has 1 unspecified atom stereocenters. The van der Waals surface area contributed by atoms with Crippen LogP contribution in [0, 0.1) is 10.1 Å². The molecule has 2 heterocycles. The third-order valence-corrected chi connectivity index (χ3v) is 2.94. The van der Waals surface area contributed by atoms with E-state index < -0.39 is 4.92 Å². The molecule has 1 atom stereocenters. The van der Waals surface area contributed by atoms with Crippen molar-refractivity contribution in [3.05, 3.63) is 16.3 Å². The highest BCUT2D eigenvalue weighted by molar-refractivity contribution is 5.58. The van der Waals surface area contributed by atoms with Gasteiger partial charge in [-0.15, -0.1) is 0 Å². The molecule has 0 spiro atoms. The van der Waals surface area contributed by atoms with Crippen LogP contribution in [0.5, 0.6) is 0 Å². The van der Waals surface area contributed by atoms with E-state index in [1.807, 2.05) is 0 Å². The average molecular weight is 268 g/mol. The maximum absolute atomic E-state index is 11.0. The fraction of sp³-hybridized carbons (Fsp3) is 0.600. The first-order valence-corrected chi connectivity index (χ1v) is 5.92. The topological polar surface area (TPSA) is 119 Å². The zero-order valence-corrected chi connectivity index (χ0v) is 10.6. The Balaban J connectivity index is 2.21. The van der Waals surface area contributed by atoms with Crippen molar-refractivity contribution in [3.8, 4) is 0 Å². The highest BCUT2D eigenvalue weighted by atomic mass is 16.6. The molecule has 19 heavy (non-hydrogen) atoms. The van der Waals surface area contributed by atoms with Crippen molar-refractivity contribution in [2.75, 3.05) is 30.5 Å². The van der Waals surface area contributed by atoms with Gasteiger partial charge in [0.25, 0.3) is 0 Å². The van der Waals surface area contributed by atoms with Crippen molar-refractivity contribution in [2.24, 2.45) is 5.84 Å². The van der Waals surface area contributed by atoms with Crippen LogP contribution in [0.15, 0.2) is 6.20 Å². The number of rotatable bonds is 5. The van der Waals surface area contributed by atoms with Gasteiger partial charge >= 0.3 is 5.69 Å². The van der Waals surface area contributed by atoms with E-state index in [0.717, 1.165) is 25.6 Å². The number of anilines is 2. The summed E-state index contributed by atoms with van der Waals surface area (Å²) < 4.78 is 5.51. The van der Waals surface area contributed by atoms with Crippen LogP contribution < -0.4 is 16.2 Å². The van der Waals surface area contributed by atoms with Crippen LogP contribution in [0.3, 0.4) is 0 Å². The summed E-state index contributed by atoms with van der Waals surface area (Å²) in [6.07, 6.45) is 3.18. The second-order valence-electron chi connectivity index (χ2n) is 4.32. The van der Waals surface area contributed by atoms with Crippen molar-refractivity contribution < 1.29 is 9.66 Å². The molecule has 0 aromatic carbocycles. The zero-order chi connectivity index (χ0) is 13.8. The minimum absolute atomic E-state index is 0.0776. The lowest BCUT2D eigenvalue weighted by atomic mass is 10.2. The Kier molecular flexibility index (Phi) is 4.07. The number of nitro groups is 1. The first-order valence-electron chi connectivity index (χ1n) is 5.92. The monoisotopic (exact) mass is 268 g/mol. The van der Waals surface area contributed by atoms with Crippen LogP contribution in [0.2, 0.25) is 0 Å². The highest BCUT2D eigenvalue weighted by Crippen LogP contribution is 2.26. The summed E-state index contributed by atoms with van der Waals surface area (Å²) in [6.45, 7) is 1.28. The van der Waals surface area contributed by atoms with Crippen molar-refractivity contribution in [1.82, 2.24) is 9.97 Å². The van der Waals surface area contributed by atoms with E-state index in [9.17, 15) is 10.1 Å². The van der Waals surface area contributed by atoms with Gasteiger partial charge in [-0.3, -0.25) is 15.5 Å². The molecule has 1 aliphatic rings. The van der Waals surface area contributed by atoms with Crippen LogP contribution in [0.4, 0.5) is 17.5 Å². The summed E-state index contributed by atoms with van der Waals surface area (Å²) in [5.74, 6) is 5.58. The molecule has 9 heteroatoms. The molecule has 1 saturated heterocycles. The lowest BCUT2D eigenvalue weighted by Gasteiger charge is -2.21. The maximum atomic E-state index is 11.0. The van der Waals surface area contributed by atoms with Crippen LogP contribution >= 0.6 is 0 Å². The standard InChI is InChI=1S/C10H16N6O3/c1-15(6-7-3-2-4-19-7)9-8(16(17)18)5-12-10(13-9)14-11/h5,7H,2-4,6,11H2,1H3,(H,12,13,14). The van der Waals surface area contributed by atoms with Gasteiger partial charge in [0.2, 0.25) is 11.8 Å². The number of aromatic nitrogens is 2. The number of hydrazine groups is 1. The number of likely N-dealkylation sites (N-methyl/N-ethyl adjacent to an activating group) is 1. The predicted molar refractivity (Wildman–Crippen MR) is 68.7 cm³/mol. The third-order valence-electron chi connectivity index (χ3n) is 2.94. The zero-order valence-electron chi connectivity index (χ0n) is 10.6. The predicted octanol–water partition coefficient (Wildman–Crippen LogP) is 0.286. The Hall–Kier alpha value is -2.00. The summed E-state index contributed by atoms with van der Waals surface area (Å²) in [7, 11) is 1.73. The van der Waals surface area contributed by atoms with E-state index in [4.69, 9.17) is 10.6 Å². The molecule has 104 valence electrons. The van der Waals surface area contributed by atoms with Crippen LogP contribution in [0.25, 0.3) is 0 Å². The van der Waals surface area contributed by atoms with Crippen molar-refractivity contribution in [1.29, 1.82) is 0 Å². The van der Waals surface area contributed by atoms with E-state index in [1.165, 1.54) is 0 Å².